The molecule has 192 valence electrons. The summed E-state index contributed by atoms with van der Waals surface area (Å²) < 4.78 is 25.6. The van der Waals surface area contributed by atoms with E-state index in [0.717, 1.165) is 34.1 Å². The molecular weight excluding hydrogens is 528 g/mol. The van der Waals surface area contributed by atoms with Crippen LogP contribution in [0.2, 0.25) is 10.0 Å². The number of hydrogen-bond acceptors (Lipinski definition) is 4. The Labute approximate surface area is 228 Å². The average molecular weight is 550 g/mol. The lowest BCUT2D eigenvalue weighted by atomic mass is 9.99. The van der Waals surface area contributed by atoms with E-state index in [0.29, 0.717) is 39.0 Å². The number of benzene rings is 4. The topological polar surface area (TPSA) is 72.6 Å². The van der Waals surface area contributed by atoms with Crippen molar-refractivity contribution in [2.75, 3.05) is 0 Å². The van der Waals surface area contributed by atoms with Gasteiger partial charge in [-0.3, -0.25) is 0 Å². The van der Waals surface area contributed by atoms with Crippen molar-refractivity contribution in [3.05, 3.63) is 106 Å². The molecule has 0 saturated carbocycles. The summed E-state index contributed by atoms with van der Waals surface area (Å²) in [5, 5.41) is 16.3. The summed E-state index contributed by atoms with van der Waals surface area (Å²) in [5.74, 6) is -0.690. The Hall–Kier alpha value is -3.87. The van der Waals surface area contributed by atoms with E-state index in [1.54, 1.807) is 24.3 Å². The maximum absolute atomic E-state index is 13.8. The second kappa shape index (κ2) is 10.9. The van der Waals surface area contributed by atoms with Crippen LogP contribution in [0, 0.1) is 5.82 Å². The molecule has 0 aliphatic heterocycles. The molecule has 4 aromatic carbocycles. The summed E-state index contributed by atoms with van der Waals surface area (Å²) in [6, 6.07) is 20.8. The number of aryl methyl sites for hydroxylation is 1. The number of aromatic nitrogens is 1. The first-order valence-electron chi connectivity index (χ1n) is 12.0. The molecule has 0 radical (unpaired) electrons. The monoisotopic (exact) mass is 549 g/mol. The van der Waals surface area contributed by atoms with Gasteiger partial charge in [-0.25, -0.2) is 9.18 Å². The maximum atomic E-state index is 13.8. The Morgan fingerprint density at radius 3 is 2.39 bits per heavy atom. The Bertz CT molecular complexity index is 1640. The molecule has 0 atom stereocenters. The molecule has 0 aliphatic rings. The van der Waals surface area contributed by atoms with Gasteiger partial charge in [0, 0.05) is 12.0 Å². The largest absolute Gasteiger partial charge is 0.489 e. The van der Waals surface area contributed by atoms with Gasteiger partial charge >= 0.3 is 5.97 Å². The quantitative estimate of drug-likeness (QED) is 0.209. The molecule has 5 rings (SSSR count). The predicted molar refractivity (Wildman–Crippen MR) is 147 cm³/mol. The van der Waals surface area contributed by atoms with Crippen molar-refractivity contribution in [1.29, 1.82) is 0 Å². The fraction of sp³-hybridized carbons (Fsp3) is 0.133. The highest BCUT2D eigenvalue weighted by Gasteiger charge is 2.22. The zero-order chi connectivity index (χ0) is 26.8. The number of hydrogen-bond donors (Lipinski definition) is 1. The Kier molecular flexibility index (Phi) is 7.36. The molecule has 0 spiro atoms. The van der Waals surface area contributed by atoms with Gasteiger partial charge in [-0.05, 0) is 70.8 Å². The van der Waals surface area contributed by atoms with Gasteiger partial charge in [0.15, 0.2) is 0 Å². The van der Waals surface area contributed by atoms with Gasteiger partial charge in [0.2, 0.25) is 0 Å². The molecule has 0 aliphatic carbocycles. The molecule has 0 amide bonds. The fourth-order valence-electron chi connectivity index (χ4n) is 4.35. The van der Waals surface area contributed by atoms with Crippen molar-refractivity contribution in [2.24, 2.45) is 0 Å². The van der Waals surface area contributed by atoms with Crippen LogP contribution in [0.15, 0.2) is 77.3 Å². The minimum absolute atomic E-state index is 0.215. The molecule has 1 aromatic heterocycles. The lowest BCUT2D eigenvalue weighted by Gasteiger charge is -2.11. The van der Waals surface area contributed by atoms with Crippen LogP contribution in [-0.4, -0.2) is 16.2 Å². The van der Waals surface area contributed by atoms with E-state index in [1.165, 1.54) is 12.1 Å². The second-order valence-corrected chi connectivity index (χ2v) is 9.61. The van der Waals surface area contributed by atoms with E-state index < -0.39 is 11.8 Å². The summed E-state index contributed by atoms with van der Waals surface area (Å²) in [4.78, 5) is 11.3. The van der Waals surface area contributed by atoms with Crippen LogP contribution in [0.3, 0.4) is 0 Å². The first kappa shape index (κ1) is 25.8. The van der Waals surface area contributed by atoms with Crippen LogP contribution in [0.4, 0.5) is 4.39 Å². The highest BCUT2D eigenvalue weighted by Crippen LogP contribution is 2.38. The van der Waals surface area contributed by atoms with Crippen LogP contribution in [0.5, 0.6) is 5.75 Å². The molecule has 1 N–H and O–H groups in total. The zero-order valence-electron chi connectivity index (χ0n) is 20.3. The molecule has 0 saturated heterocycles. The van der Waals surface area contributed by atoms with E-state index in [4.69, 9.17) is 32.5 Å². The number of ether oxygens (including phenoxy) is 1. The number of carboxylic acid groups (broad SMARTS) is 1. The highest BCUT2D eigenvalue weighted by atomic mass is 35.5. The molecular formula is C30H22Cl2FNO4. The summed E-state index contributed by atoms with van der Waals surface area (Å²) in [6.45, 7) is 2.27. The van der Waals surface area contributed by atoms with Crippen molar-refractivity contribution in [2.45, 2.75) is 26.4 Å². The molecule has 8 heteroatoms. The van der Waals surface area contributed by atoms with Crippen LogP contribution < -0.4 is 4.74 Å². The molecule has 0 fully saturated rings. The standard InChI is InChI=1S/C30H22Cl2FNO4/c1-2-4-27-23(29(34-38-27)28-24(31)5-3-6-25(28)32)16-37-21-11-9-18-13-17(7-8-19(18)14-21)20-10-12-26(33)22(15-20)30(35)36/h3,5-15H,2,4,16H2,1H3,(H,35,36). The number of halogens is 3. The molecule has 38 heavy (non-hydrogen) atoms. The van der Waals surface area contributed by atoms with E-state index in [1.807, 2.05) is 36.4 Å². The average Bonchev–Trinajstić information content (AvgIpc) is 3.29. The van der Waals surface area contributed by atoms with E-state index >= 15 is 0 Å². The molecule has 0 unspecified atom stereocenters. The lowest BCUT2D eigenvalue weighted by Crippen LogP contribution is -2.00. The van der Waals surface area contributed by atoms with E-state index in [2.05, 4.69) is 12.1 Å². The van der Waals surface area contributed by atoms with Crippen molar-refractivity contribution >= 4 is 39.9 Å². The van der Waals surface area contributed by atoms with E-state index in [9.17, 15) is 14.3 Å². The zero-order valence-corrected chi connectivity index (χ0v) is 21.8. The van der Waals surface area contributed by atoms with Gasteiger partial charge in [0.05, 0.1) is 21.2 Å². The number of carboxylic acids is 1. The van der Waals surface area contributed by atoms with Crippen molar-refractivity contribution < 1.29 is 23.6 Å². The van der Waals surface area contributed by atoms with Gasteiger partial charge in [0.25, 0.3) is 0 Å². The van der Waals surface area contributed by atoms with Gasteiger partial charge in [0.1, 0.15) is 29.6 Å². The van der Waals surface area contributed by atoms with Crippen LogP contribution in [0.25, 0.3) is 33.2 Å². The fourth-order valence-corrected chi connectivity index (χ4v) is 4.93. The molecule has 0 bridgehead atoms. The first-order chi connectivity index (χ1) is 18.4. The van der Waals surface area contributed by atoms with Crippen LogP contribution in [0.1, 0.15) is 35.0 Å². The number of aromatic carboxylic acids is 1. The Morgan fingerprint density at radius 1 is 0.974 bits per heavy atom. The minimum Gasteiger partial charge on any atom is -0.489 e. The van der Waals surface area contributed by atoms with Crippen molar-refractivity contribution in [3.8, 4) is 28.1 Å². The summed E-state index contributed by atoms with van der Waals surface area (Å²) in [6.07, 6.45) is 1.57. The van der Waals surface area contributed by atoms with Crippen molar-refractivity contribution in [1.82, 2.24) is 5.16 Å². The first-order valence-corrected chi connectivity index (χ1v) is 12.7. The predicted octanol–water partition coefficient (Wildman–Crippen LogP) is 8.84. The van der Waals surface area contributed by atoms with Gasteiger partial charge in [-0.2, -0.15) is 0 Å². The second-order valence-electron chi connectivity index (χ2n) is 8.79. The van der Waals surface area contributed by atoms with E-state index in [-0.39, 0.29) is 12.2 Å². The van der Waals surface area contributed by atoms with Crippen LogP contribution in [-0.2, 0) is 13.0 Å². The SMILES string of the molecule is CCCc1onc(-c2c(Cl)cccc2Cl)c1COc1ccc2cc(-c3ccc(F)c(C(=O)O)c3)ccc2c1. The third-order valence-electron chi connectivity index (χ3n) is 6.27. The minimum atomic E-state index is -1.30. The summed E-state index contributed by atoms with van der Waals surface area (Å²) in [7, 11) is 0. The van der Waals surface area contributed by atoms with Gasteiger partial charge in [-0.15, -0.1) is 0 Å². The maximum Gasteiger partial charge on any atom is 0.338 e. The Balaban J connectivity index is 1.42. The third kappa shape index (κ3) is 5.10. The molecule has 5 nitrogen and oxygen atoms in total. The smallest absolute Gasteiger partial charge is 0.338 e. The lowest BCUT2D eigenvalue weighted by molar-refractivity contribution is 0.0692. The summed E-state index contributed by atoms with van der Waals surface area (Å²) in [5.41, 5.74) is 3.01. The highest BCUT2D eigenvalue weighted by molar-refractivity contribution is 6.39. The normalized spacial score (nSPS) is 11.2. The summed E-state index contributed by atoms with van der Waals surface area (Å²) >= 11 is 12.9. The van der Waals surface area contributed by atoms with Crippen LogP contribution >= 0.6 is 23.2 Å². The number of nitrogens with zero attached hydrogens (tertiary/aromatic N) is 1. The van der Waals surface area contributed by atoms with Gasteiger partial charge < -0.3 is 14.4 Å². The third-order valence-corrected chi connectivity index (χ3v) is 6.90. The number of fused-ring (bicyclic) bond motifs is 1. The molecule has 1 heterocycles. The number of rotatable bonds is 8. The molecule has 5 aromatic rings. The Morgan fingerprint density at radius 2 is 1.66 bits per heavy atom. The van der Waals surface area contributed by atoms with Crippen molar-refractivity contribution in [3.63, 3.8) is 0 Å². The van der Waals surface area contributed by atoms with Gasteiger partial charge in [-0.1, -0.05) is 65.6 Å². The number of carbonyl (C=O) groups is 1.